The molecule has 0 saturated carbocycles. The van der Waals surface area contributed by atoms with Crippen LogP contribution in [0.2, 0.25) is 0 Å². The van der Waals surface area contributed by atoms with E-state index in [4.69, 9.17) is 4.74 Å². The summed E-state index contributed by atoms with van der Waals surface area (Å²) in [4.78, 5) is 12.5. The summed E-state index contributed by atoms with van der Waals surface area (Å²) in [5.41, 5.74) is 0.183. The van der Waals surface area contributed by atoms with Crippen LogP contribution in [0.4, 0.5) is 10.2 Å². The molecule has 0 radical (unpaired) electrons. The number of anilines is 1. The molecule has 1 aromatic carbocycles. The summed E-state index contributed by atoms with van der Waals surface area (Å²) in [6, 6.07) is 7.31. The van der Waals surface area contributed by atoms with Crippen molar-refractivity contribution in [2.24, 2.45) is 0 Å². The standard InChI is InChI=1S/C18H23FN4O4S.ClH/c1-12(2)27-17-11-16(21-22-17)20-18(24)13-4-3-5-15(10-13)28(25,26)23-8-6-14(19)7-9-23;/h3-5,10-12,14H,6-9H2,1-2H3,(H2,20,21,22,24);1H. The first-order valence-corrected chi connectivity index (χ1v) is 10.5. The molecule has 0 atom stereocenters. The molecule has 1 aromatic heterocycles. The normalized spacial score (nSPS) is 15.7. The summed E-state index contributed by atoms with van der Waals surface area (Å²) >= 11 is 0. The number of nitrogens with zero attached hydrogens (tertiary/aromatic N) is 2. The van der Waals surface area contributed by atoms with Gasteiger partial charge in [-0.25, -0.2) is 12.8 Å². The Labute approximate surface area is 175 Å². The van der Waals surface area contributed by atoms with Gasteiger partial charge in [-0.3, -0.25) is 9.89 Å². The number of nitrogens with one attached hydrogen (secondary N) is 2. The number of ether oxygens (including phenoxy) is 1. The molecule has 0 aliphatic carbocycles. The summed E-state index contributed by atoms with van der Waals surface area (Å²) < 4.78 is 45.5. The Morgan fingerprint density at radius 1 is 1.31 bits per heavy atom. The summed E-state index contributed by atoms with van der Waals surface area (Å²) in [6.07, 6.45) is -0.668. The number of halogens is 2. The second-order valence-corrected chi connectivity index (χ2v) is 8.79. The molecule has 8 nitrogen and oxygen atoms in total. The van der Waals surface area contributed by atoms with Crippen LogP contribution in [0, 0.1) is 0 Å². The van der Waals surface area contributed by atoms with Gasteiger partial charge in [0.25, 0.3) is 5.91 Å². The van der Waals surface area contributed by atoms with E-state index in [-0.39, 0.29) is 54.9 Å². The smallest absolute Gasteiger partial charge is 0.256 e. The number of rotatable bonds is 6. The predicted octanol–water partition coefficient (Wildman–Crippen LogP) is 2.99. The number of sulfonamides is 1. The van der Waals surface area contributed by atoms with Gasteiger partial charge < -0.3 is 10.1 Å². The highest BCUT2D eigenvalue weighted by atomic mass is 35.5. The third kappa shape index (κ3) is 5.68. The van der Waals surface area contributed by atoms with Gasteiger partial charge in [-0.2, -0.15) is 4.31 Å². The molecule has 3 rings (SSSR count). The topological polar surface area (TPSA) is 104 Å². The number of piperidine rings is 1. The van der Waals surface area contributed by atoms with Crippen LogP contribution in [0.25, 0.3) is 0 Å². The van der Waals surface area contributed by atoms with Crippen LogP contribution in [0.5, 0.6) is 5.88 Å². The lowest BCUT2D eigenvalue weighted by atomic mass is 10.1. The Bertz CT molecular complexity index is 943. The van der Waals surface area contributed by atoms with E-state index in [1.165, 1.54) is 28.6 Å². The van der Waals surface area contributed by atoms with Gasteiger partial charge in [-0.15, -0.1) is 17.5 Å². The lowest BCUT2D eigenvalue weighted by molar-refractivity contribution is 0.102. The van der Waals surface area contributed by atoms with Gasteiger partial charge in [0.1, 0.15) is 12.0 Å². The molecule has 29 heavy (non-hydrogen) atoms. The third-order valence-corrected chi connectivity index (χ3v) is 6.17. The molecule has 1 fully saturated rings. The Hall–Kier alpha value is -2.17. The van der Waals surface area contributed by atoms with Crippen LogP contribution in [-0.2, 0) is 10.0 Å². The van der Waals surface area contributed by atoms with Gasteiger partial charge in [0.2, 0.25) is 15.9 Å². The molecular formula is C18H24ClFN4O4S. The third-order valence-electron chi connectivity index (χ3n) is 4.28. The highest BCUT2D eigenvalue weighted by Gasteiger charge is 2.29. The highest BCUT2D eigenvalue weighted by molar-refractivity contribution is 7.89. The average Bonchev–Trinajstić information content (AvgIpc) is 3.08. The molecule has 2 heterocycles. The molecule has 11 heteroatoms. The van der Waals surface area contributed by atoms with E-state index in [1.807, 2.05) is 13.8 Å². The molecule has 0 unspecified atom stereocenters. The van der Waals surface area contributed by atoms with Gasteiger partial charge in [0, 0.05) is 24.7 Å². The fourth-order valence-electron chi connectivity index (χ4n) is 2.88. The number of benzene rings is 1. The van der Waals surface area contributed by atoms with Crippen molar-refractivity contribution in [3.8, 4) is 5.88 Å². The molecule has 160 valence electrons. The summed E-state index contributed by atoms with van der Waals surface area (Å²) in [5.74, 6) is 0.191. The zero-order valence-corrected chi connectivity index (χ0v) is 17.7. The van der Waals surface area contributed by atoms with E-state index in [1.54, 1.807) is 6.07 Å². The average molecular weight is 447 g/mol. The molecule has 2 N–H and O–H groups in total. The number of hydrogen-bond donors (Lipinski definition) is 2. The van der Waals surface area contributed by atoms with Crippen molar-refractivity contribution in [1.82, 2.24) is 14.5 Å². The predicted molar refractivity (Wildman–Crippen MR) is 109 cm³/mol. The van der Waals surface area contributed by atoms with Crippen molar-refractivity contribution in [2.75, 3.05) is 18.4 Å². The van der Waals surface area contributed by atoms with Crippen LogP contribution in [0.1, 0.15) is 37.0 Å². The largest absolute Gasteiger partial charge is 0.474 e. The number of H-pyrrole nitrogens is 1. The molecule has 2 aromatic rings. The number of amides is 1. The second-order valence-electron chi connectivity index (χ2n) is 6.85. The van der Waals surface area contributed by atoms with E-state index >= 15 is 0 Å². The van der Waals surface area contributed by atoms with E-state index in [0.29, 0.717) is 11.7 Å². The lowest BCUT2D eigenvalue weighted by Crippen LogP contribution is -2.39. The maximum Gasteiger partial charge on any atom is 0.256 e. The fourth-order valence-corrected chi connectivity index (χ4v) is 4.39. The van der Waals surface area contributed by atoms with Crippen molar-refractivity contribution < 1.29 is 22.3 Å². The zero-order chi connectivity index (χ0) is 20.3. The van der Waals surface area contributed by atoms with Gasteiger partial charge in [0.15, 0.2) is 0 Å². The Morgan fingerprint density at radius 3 is 2.66 bits per heavy atom. The van der Waals surface area contributed by atoms with Gasteiger partial charge in [-0.1, -0.05) is 6.07 Å². The number of carbonyl (C=O) groups excluding carboxylic acids is 1. The van der Waals surface area contributed by atoms with Crippen molar-refractivity contribution in [2.45, 2.75) is 43.9 Å². The number of aromatic nitrogens is 2. The van der Waals surface area contributed by atoms with Gasteiger partial charge >= 0.3 is 0 Å². The van der Waals surface area contributed by atoms with E-state index in [0.717, 1.165) is 0 Å². The minimum absolute atomic E-state index is 0. The van der Waals surface area contributed by atoms with E-state index in [9.17, 15) is 17.6 Å². The van der Waals surface area contributed by atoms with Crippen molar-refractivity contribution in [3.05, 3.63) is 35.9 Å². The quantitative estimate of drug-likeness (QED) is 0.709. The van der Waals surface area contributed by atoms with Crippen LogP contribution in [0.15, 0.2) is 35.2 Å². The monoisotopic (exact) mass is 446 g/mol. The molecule has 1 aliphatic heterocycles. The van der Waals surface area contributed by atoms with E-state index < -0.39 is 22.1 Å². The summed E-state index contributed by atoms with van der Waals surface area (Å²) in [6.45, 7) is 3.98. The van der Waals surface area contributed by atoms with Gasteiger partial charge in [0.05, 0.1) is 11.0 Å². The van der Waals surface area contributed by atoms with Gasteiger partial charge in [-0.05, 0) is 44.9 Å². The van der Waals surface area contributed by atoms with Crippen LogP contribution >= 0.6 is 12.4 Å². The number of carbonyl (C=O) groups is 1. The van der Waals surface area contributed by atoms with Crippen molar-refractivity contribution in [1.29, 1.82) is 0 Å². The molecule has 0 spiro atoms. The summed E-state index contributed by atoms with van der Waals surface area (Å²) in [7, 11) is -3.78. The number of hydrogen-bond acceptors (Lipinski definition) is 5. The molecule has 0 bridgehead atoms. The number of aromatic amines is 1. The van der Waals surface area contributed by atoms with E-state index in [2.05, 4.69) is 15.5 Å². The molecular weight excluding hydrogens is 423 g/mol. The molecule has 1 amide bonds. The fraction of sp³-hybridized carbons (Fsp3) is 0.444. The summed E-state index contributed by atoms with van der Waals surface area (Å²) in [5, 5.41) is 9.20. The lowest BCUT2D eigenvalue weighted by Gasteiger charge is -2.27. The minimum atomic E-state index is -3.78. The zero-order valence-electron chi connectivity index (χ0n) is 16.1. The van der Waals surface area contributed by atoms with Crippen molar-refractivity contribution in [3.63, 3.8) is 0 Å². The van der Waals surface area contributed by atoms with Crippen LogP contribution in [-0.4, -0.2) is 54.2 Å². The van der Waals surface area contributed by atoms with Crippen molar-refractivity contribution >= 4 is 34.2 Å². The molecule has 1 aliphatic rings. The first-order chi connectivity index (χ1) is 13.3. The molecule has 1 saturated heterocycles. The minimum Gasteiger partial charge on any atom is -0.474 e. The Morgan fingerprint density at radius 2 is 2.00 bits per heavy atom. The second kappa shape index (κ2) is 9.55. The SMILES string of the molecule is CC(C)Oc1cc(NC(=O)c2cccc(S(=O)(=O)N3CCC(F)CC3)c2)[nH]n1.Cl. The Kier molecular flexibility index (Phi) is 7.61. The van der Waals surface area contributed by atoms with Crippen LogP contribution in [0.3, 0.4) is 0 Å². The number of alkyl halides is 1. The van der Waals surface area contributed by atoms with Crippen LogP contribution < -0.4 is 10.1 Å². The first-order valence-electron chi connectivity index (χ1n) is 9.03. The highest BCUT2D eigenvalue weighted by Crippen LogP contribution is 2.23. The first kappa shape index (κ1) is 23.1. The Balaban J connectivity index is 0.00000300. The maximum atomic E-state index is 13.3. The maximum absolute atomic E-state index is 13.3.